The molecule has 0 fully saturated rings. The van der Waals surface area contributed by atoms with Gasteiger partial charge in [0.25, 0.3) is 0 Å². The van der Waals surface area contributed by atoms with E-state index in [4.69, 9.17) is 17.3 Å². The molecule has 3 rings (SSSR count). The number of nitrogen functional groups attached to an aromatic ring is 1. The van der Waals surface area contributed by atoms with Crippen molar-refractivity contribution in [3.05, 3.63) is 53.3 Å². The van der Waals surface area contributed by atoms with Crippen molar-refractivity contribution < 1.29 is 4.39 Å². The minimum absolute atomic E-state index is 0.249. The van der Waals surface area contributed by atoms with Crippen LogP contribution in [0.4, 0.5) is 21.7 Å². The molecule has 6 heteroatoms. The van der Waals surface area contributed by atoms with Crippen LogP contribution < -0.4 is 11.1 Å². The number of para-hydroxylation sites is 2. The van der Waals surface area contributed by atoms with Crippen LogP contribution >= 0.6 is 11.6 Å². The van der Waals surface area contributed by atoms with E-state index in [1.165, 1.54) is 18.2 Å². The number of hydrogen-bond acceptors (Lipinski definition) is 4. The molecule has 0 saturated heterocycles. The van der Waals surface area contributed by atoms with E-state index in [2.05, 4.69) is 15.3 Å². The van der Waals surface area contributed by atoms with Crippen LogP contribution in [-0.2, 0) is 0 Å². The first-order valence-electron chi connectivity index (χ1n) is 5.88. The van der Waals surface area contributed by atoms with Gasteiger partial charge in [0.15, 0.2) is 11.6 Å². The fraction of sp³-hybridized carbons (Fsp3) is 0. The van der Waals surface area contributed by atoms with Crippen molar-refractivity contribution in [2.75, 3.05) is 11.1 Å². The maximum absolute atomic E-state index is 13.0. The van der Waals surface area contributed by atoms with Crippen LogP contribution in [-0.4, -0.2) is 9.97 Å². The Morgan fingerprint density at radius 1 is 1.05 bits per heavy atom. The molecule has 0 radical (unpaired) electrons. The molecule has 0 aliphatic heterocycles. The molecule has 0 spiro atoms. The summed E-state index contributed by atoms with van der Waals surface area (Å²) in [6, 6.07) is 11.4. The highest BCUT2D eigenvalue weighted by Crippen LogP contribution is 2.28. The first-order chi connectivity index (χ1) is 9.63. The lowest BCUT2D eigenvalue weighted by Gasteiger charge is -2.10. The van der Waals surface area contributed by atoms with Crippen LogP contribution in [0.15, 0.2) is 42.5 Å². The summed E-state index contributed by atoms with van der Waals surface area (Å²) in [7, 11) is 0. The van der Waals surface area contributed by atoms with Crippen molar-refractivity contribution in [2.45, 2.75) is 0 Å². The monoisotopic (exact) mass is 288 g/mol. The summed E-state index contributed by atoms with van der Waals surface area (Å²) >= 11 is 5.96. The van der Waals surface area contributed by atoms with Gasteiger partial charge >= 0.3 is 0 Å². The van der Waals surface area contributed by atoms with E-state index in [-0.39, 0.29) is 10.8 Å². The molecule has 0 saturated carbocycles. The van der Waals surface area contributed by atoms with Gasteiger partial charge in [-0.1, -0.05) is 23.7 Å². The van der Waals surface area contributed by atoms with E-state index in [0.717, 1.165) is 0 Å². The maximum atomic E-state index is 13.0. The molecule has 0 aliphatic carbocycles. The minimum Gasteiger partial charge on any atom is -0.381 e. The number of fused-ring (bicyclic) bond motifs is 1. The summed E-state index contributed by atoms with van der Waals surface area (Å²) in [5, 5.41) is 3.21. The third-order valence-corrected chi connectivity index (χ3v) is 3.09. The Morgan fingerprint density at radius 3 is 2.45 bits per heavy atom. The Hall–Kier alpha value is -2.40. The Balaban J connectivity index is 2.03. The highest BCUT2D eigenvalue weighted by molar-refractivity contribution is 6.33. The molecular formula is C14H10ClFN4. The van der Waals surface area contributed by atoms with E-state index in [0.29, 0.717) is 22.5 Å². The summed E-state index contributed by atoms with van der Waals surface area (Å²) in [4.78, 5) is 8.64. The van der Waals surface area contributed by atoms with Gasteiger partial charge in [-0.15, -0.1) is 0 Å². The molecule has 1 heterocycles. The number of rotatable bonds is 2. The summed E-state index contributed by atoms with van der Waals surface area (Å²) in [5.41, 5.74) is 7.80. The van der Waals surface area contributed by atoms with Gasteiger partial charge in [0.1, 0.15) is 5.82 Å². The second-order valence-corrected chi connectivity index (χ2v) is 4.60. The molecule has 20 heavy (non-hydrogen) atoms. The Bertz CT molecular complexity index is 791. The molecule has 2 aromatic carbocycles. The minimum atomic E-state index is -0.405. The molecular weight excluding hydrogens is 279 g/mol. The summed E-state index contributed by atoms with van der Waals surface area (Å²) < 4.78 is 13.0. The number of benzene rings is 2. The second-order valence-electron chi connectivity index (χ2n) is 4.20. The average Bonchev–Trinajstić information content (AvgIpc) is 2.42. The summed E-state index contributed by atoms with van der Waals surface area (Å²) in [6.45, 7) is 0. The average molecular weight is 289 g/mol. The van der Waals surface area contributed by atoms with Crippen LogP contribution in [0.5, 0.6) is 0 Å². The Labute approximate surface area is 119 Å². The van der Waals surface area contributed by atoms with E-state index in [1.807, 2.05) is 24.3 Å². The number of anilines is 3. The van der Waals surface area contributed by atoms with Crippen molar-refractivity contribution in [1.29, 1.82) is 0 Å². The molecule has 0 atom stereocenters. The highest BCUT2D eigenvalue weighted by Gasteiger charge is 2.08. The van der Waals surface area contributed by atoms with Gasteiger partial charge < -0.3 is 11.1 Å². The first kappa shape index (κ1) is 12.6. The fourth-order valence-corrected chi connectivity index (χ4v) is 2.04. The van der Waals surface area contributed by atoms with Crippen LogP contribution in [0.2, 0.25) is 5.02 Å². The Morgan fingerprint density at radius 2 is 1.75 bits per heavy atom. The molecule has 4 nitrogen and oxygen atoms in total. The zero-order chi connectivity index (χ0) is 14.1. The van der Waals surface area contributed by atoms with Crippen LogP contribution in [0.3, 0.4) is 0 Å². The van der Waals surface area contributed by atoms with Crippen LogP contribution in [0, 0.1) is 5.82 Å². The lowest BCUT2D eigenvalue weighted by Crippen LogP contribution is -2.02. The SMILES string of the molecule is Nc1nc2ccccc2nc1Nc1ccc(F)cc1Cl. The van der Waals surface area contributed by atoms with Crippen molar-refractivity contribution in [3.8, 4) is 0 Å². The van der Waals surface area contributed by atoms with E-state index in [1.54, 1.807) is 0 Å². The van der Waals surface area contributed by atoms with Gasteiger partial charge in [0.05, 0.1) is 21.7 Å². The number of nitrogens with two attached hydrogens (primary N) is 1. The van der Waals surface area contributed by atoms with Gasteiger partial charge in [-0.2, -0.15) is 0 Å². The van der Waals surface area contributed by atoms with Crippen LogP contribution in [0.1, 0.15) is 0 Å². The molecule has 3 aromatic rings. The number of halogens is 2. The molecule has 0 unspecified atom stereocenters. The van der Waals surface area contributed by atoms with Gasteiger partial charge in [-0.25, -0.2) is 14.4 Å². The third-order valence-electron chi connectivity index (χ3n) is 2.78. The molecule has 0 amide bonds. The third kappa shape index (κ3) is 2.35. The van der Waals surface area contributed by atoms with Gasteiger partial charge in [-0.3, -0.25) is 0 Å². The molecule has 0 bridgehead atoms. The maximum Gasteiger partial charge on any atom is 0.174 e. The number of nitrogens with one attached hydrogen (secondary N) is 1. The van der Waals surface area contributed by atoms with Crippen molar-refractivity contribution >= 4 is 40.0 Å². The smallest absolute Gasteiger partial charge is 0.174 e. The predicted molar refractivity (Wildman–Crippen MR) is 78.6 cm³/mol. The molecule has 1 aromatic heterocycles. The highest BCUT2D eigenvalue weighted by atomic mass is 35.5. The van der Waals surface area contributed by atoms with Gasteiger partial charge in [-0.05, 0) is 30.3 Å². The number of aromatic nitrogens is 2. The molecule has 0 aliphatic rings. The second kappa shape index (κ2) is 4.94. The van der Waals surface area contributed by atoms with E-state index >= 15 is 0 Å². The van der Waals surface area contributed by atoms with Crippen molar-refractivity contribution in [2.24, 2.45) is 0 Å². The van der Waals surface area contributed by atoms with E-state index < -0.39 is 5.82 Å². The quantitative estimate of drug-likeness (QED) is 0.754. The number of hydrogen-bond donors (Lipinski definition) is 2. The normalized spacial score (nSPS) is 10.7. The summed E-state index contributed by atoms with van der Waals surface area (Å²) in [5.74, 6) is 0.236. The van der Waals surface area contributed by atoms with Crippen molar-refractivity contribution in [1.82, 2.24) is 9.97 Å². The number of nitrogens with zero attached hydrogens (tertiary/aromatic N) is 2. The van der Waals surface area contributed by atoms with Crippen LogP contribution in [0.25, 0.3) is 11.0 Å². The molecule has 100 valence electrons. The van der Waals surface area contributed by atoms with E-state index in [9.17, 15) is 4.39 Å². The largest absolute Gasteiger partial charge is 0.381 e. The summed E-state index contributed by atoms with van der Waals surface area (Å²) in [6.07, 6.45) is 0. The lowest BCUT2D eigenvalue weighted by molar-refractivity contribution is 0.628. The molecule has 3 N–H and O–H groups in total. The first-order valence-corrected chi connectivity index (χ1v) is 6.25. The van der Waals surface area contributed by atoms with Gasteiger partial charge in [0.2, 0.25) is 0 Å². The van der Waals surface area contributed by atoms with Gasteiger partial charge in [0, 0.05) is 0 Å². The van der Waals surface area contributed by atoms with Crippen molar-refractivity contribution in [3.63, 3.8) is 0 Å². The standard InChI is InChI=1S/C14H10ClFN4/c15-9-7-8(16)5-6-10(9)19-14-13(17)18-11-3-1-2-4-12(11)20-14/h1-7H,(H2,17,18)(H,19,20). The zero-order valence-electron chi connectivity index (χ0n) is 10.3. The fourth-order valence-electron chi connectivity index (χ4n) is 1.82. The Kier molecular flexibility index (Phi) is 3.12. The zero-order valence-corrected chi connectivity index (χ0v) is 11.0. The topological polar surface area (TPSA) is 63.8 Å². The predicted octanol–water partition coefficient (Wildman–Crippen LogP) is 3.75. The lowest BCUT2D eigenvalue weighted by atomic mass is 10.3.